The van der Waals surface area contributed by atoms with Crippen LogP contribution in [0.5, 0.6) is 5.75 Å². The Morgan fingerprint density at radius 1 is 1.10 bits per heavy atom. The first-order valence-electron chi connectivity index (χ1n) is 6.55. The highest BCUT2D eigenvalue weighted by Gasteiger charge is 2.16. The fourth-order valence-electron chi connectivity index (χ4n) is 2.47. The summed E-state index contributed by atoms with van der Waals surface area (Å²) in [4.78, 5) is 3.78. The standard InChI is InChI=1S/C17H14FNO2/c1-21-16-7-6-15(13-4-2-3-5-14(13)16)17(20)11-8-12(18)10-19-9-11/h2-10,17,20H,1H3. The van der Waals surface area contributed by atoms with Gasteiger partial charge in [0.05, 0.1) is 13.3 Å². The highest BCUT2D eigenvalue weighted by Crippen LogP contribution is 2.33. The van der Waals surface area contributed by atoms with E-state index in [-0.39, 0.29) is 0 Å². The molecule has 1 unspecified atom stereocenters. The molecule has 21 heavy (non-hydrogen) atoms. The van der Waals surface area contributed by atoms with Crippen molar-refractivity contribution in [1.82, 2.24) is 4.98 Å². The van der Waals surface area contributed by atoms with Crippen molar-refractivity contribution >= 4 is 10.8 Å². The van der Waals surface area contributed by atoms with Gasteiger partial charge in [0.2, 0.25) is 0 Å². The molecular weight excluding hydrogens is 269 g/mol. The summed E-state index contributed by atoms with van der Waals surface area (Å²) in [6.07, 6.45) is 1.64. The van der Waals surface area contributed by atoms with Crippen LogP contribution in [-0.4, -0.2) is 17.2 Å². The predicted octanol–water partition coefficient (Wildman–Crippen LogP) is 3.46. The van der Waals surface area contributed by atoms with Gasteiger partial charge < -0.3 is 9.84 Å². The second kappa shape index (κ2) is 5.50. The smallest absolute Gasteiger partial charge is 0.141 e. The number of ether oxygens (including phenoxy) is 1. The summed E-state index contributed by atoms with van der Waals surface area (Å²) in [5.41, 5.74) is 1.11. The number of fused-ring (bicyclic) bond motifs is 1. The Morgan fingerprint density at radius 2 is 1.86 bits per heavy atom. The lowest BCUT2D eigenvalue weighted by atomic mass is 9.96. The van der Waals surface area contributed by atoms with E-state index in [1.54, 1.807) is 19.2 Å². The molecule has 0 spiro atoms. The summed E-state index contributed by atoms with van der Waals surface area (Å²) in [7, 11) is 1.61. The molecule has 1 atom stereocenters. The summed E-state index contributed by atoms with van der Waals surface area (Å²) < 4.78 is 18.6. The van der Waals surface area contributed by atoms with Gasteiger partial charge in [-0.2, -0.15) is 0 Å². The van der Waals surface area contributed by atoms with Crippen LogP contribution in [0.4, 0.5) is 4.39 Å². The van der Waals surface area contributed by atoms with Crippen molar-refractivity contribution in [3.8, 4) is 5.75 Å². The van der Waals surface area contributed by atoms with Crippen LogP contribution < -0.4 is 4.74 Å². The van der Waals surface area contributed by atoms with E-state index in [1.165, 1.54) is 12.3 Å². The minimum Gasteiger partial charge on any atom is -0.496 e. The Hall–Kier alpha value is -2.46. The number of halogens is 1. The molecule has 1 N–H and O–H groups in total. The van der Waals surface area contributed by atoms with Crippen molar-refractivity contribution in [2.75, 3.05) is 7.11 Å². The highest BCUT2D eigenvalue weighted by molar-refractivity contribution is 5.91. The third kappa shape index (κ3) is 2.45. The van der Waals surface area contributed by atoms with Gasteiger partial charge in [-0.05, 0) is 23.1 Å². The van der Waals surface area contributed by atoms with Crippen molar-refractivity contribution in [3.05, 3.63) is 71.8 Å². The minimum atomic E-state index is -0.941. The Labute approximate surface area is 121 Å². The fraction of sp³-hybridized carbons (Fsp3) is 0.118. The summed E-state index contributed by atoms with van der Waals surface area (Å²) >= 11 is 0. The Balaban J connectivity index is 2.17. The van der Waals surface area contributed by atoms with E-state index in [1.807, 2.05) is 24.3 Å². The highest BCUT2D eigenvalue weighted by atomic mass is 19.1. The van der Waals surface area contributed by atoms with Gasteiger partial charge in [0, 0.05) is 17.1 Å². The number of methoxy groups -OCH3 is 1. The maximum absolute atomic E-state index is 13.3. The van der Waals surface area contributed by atoms with E-state index < -0.39 is 11.9 Å². The van der Waals surface area contributed by atoms with Crippen molar-refractivity contribution in [3.63, 3.8) is 0 Å². The van der Waals surface area contributed by atoms with Crippen molar-refractivity contribution in [2.24, 2.45) is 0 Å². The van der Waals surface area contributed by atoms with Crippen LogP contribution in [0.25, 0.3) is 10.8 Å². The first kappa shape index (κ1) is 13.5. The van der Waals surface area contributed by atoms with E-state index >= 15 is 0 Å². The number of pyridine rings is 1. The van der Waals surface area contributed by atoms with Crippen LogP contribution in [0.3, 0.4) is 0 Å². The van der Waals surface area contributed by atoms with Crippen LogP contribution >= 0.6 is 0 Å². The third-order valence-corrected chi connectivity index (χ3v) is 3.47. The van der Waals surface area contributed by atoms with E-state index in [0.29, 0.717) is 11.1 Å². The second-order valence-corrected chi connectivity index (χ2v) is 4.74. The van der Waals surface area contributed by atoms with Gasteiger partial charge in [-0.15, -0.1) is 0 Å². The van der Waals surface area contributed by atoms with Crippen molar-refractivity contribution in [2.45, 2.75) is 6.10 Å². The number of aliphatic hydroxyl groups excluding tert-OH is 1. The molecule has 0 aliphatic rings. The summed E-state index contributed by atoms with van der Waals surface area (Å²) in [5.74, 6) is 0.267. The zero-order valence-electron chi connectivity index (χ0n) is 11.5. The topological polar surface area (TPSA) is 42.4 Å². The van der Waals surface area contributed by atoms with E-state index in [0.717, 1.165) is 22.7 Å². The molecule has 0 aliphatic carbocycles. The molecule has 4 heteroatoms. The average Bonchev–Trinajstić information content (AvgIpc) is 2.53. The third-order valence-electron chi connectivity index (χ3n) is 3.47. The zero-order chi connectivity index (χ0) is 14.8. The van der Waals surface area contributed by atoms with Gasteiger partial charge in [-0.1, -0.05) is 30.3 Å². The van der Waals surface area contributed by atoms with E-state index in [4.69, 9.17) is 4.74 Å². The molecule has 2 aromatic carbocycles. The molecule has 3 rings (SSSR count). The number of rotatable bonds is 3. The Kier molecular flexibility index (Phi) is 3.54. The molecule has 0 saturated heterocycles. The van der Waals surface area contributed by atoms with Gasteiger partial charge in [0.15, 0.2) is 0 Å². The molecule has 3 nitrogen and oxygen atoms in total. The van der Waals surface area contributed by atoms with Gasteiger partial charge in [-0.25, -0.2) is 4.39 Å². The molecule has 0 fully saturated rings. The van der Waals surface area contributed by atoms with Crippen LogP contribution in [0.2, 0.25) is 0 Å². The number of nitrogens with zero attached hydrogens (tertiary/aromatic N) is 1. The molecular formula is C17H14FNO2. The number of aromatic nitrogens is 1. The Morgan fingerprint density at radius 3 is 2.57 bits per heavy atom. The van der Waals surface area contributed by atoms with Crippen LogP contribution in [0.1, 0.15) is 17.2 Å². The molecule has 0 saturated carbocycles. The molecule has 3 aromatic rings. The van der Waals surface area contributed by atoms with Crippen molar-refractivity contribution < 1.29 is 14.2 Å². The molecule has 106 valence electrons. The molecule has 1 heterocycles. The molecule has 0 aliphatic heterocycles. The zero-order valence-corrected chi connectivity index (χ0v) is 11.5. The van der Waals surface area contributed by atoms with E-state index in [2.05, 4.69) is 4.98 Å². The average molecular weight is 283 g/mol. The SMILES string of the molecule is COc1ccc(C(O)c2cncc(F)c2)c2ccccc12. The van der Waals surface area contributed by atoms with Crippen LogP contribution in [0.15, 0.2) is 54.9 Å². The quantitative estimate of drug-likeness (QED) is 0.800. The molecule has 0 amide bonds. The number of hydrogen-bond acceptors (Lipinski definition) is 3. The van der Waals surface area contributed by atoms with Crippen molar-refractivity contribution in [1.29, 1.82) is 0 Å². The lowest BCUT2D eigenvalue weighted by Gasteiger charge is -2.15. The number of aliphatic hydroxyl groups is 1. The fourth-order valence-corrected chi connectivity index (χ4v) is 2.47. The van der Waals surface area contributed by atoms with Gasteiger partial charge >= 0.3 is 0 Å². The summed E-state index contributed by atoms with van der Waals surface area (Å²) in [6.45, 7) is 0. The number of hydrogen-bond donors (Lipinski definition) is 1. The Bertz CT molecular complexity index is 789. The minimum absolute atomic E-state index is 0.422. The normalized spacial score (nSPS) is 12.3. The van der Waals surface area contributed by atoms with Crippen LogP contribution in [0, 0.1) is 5.82 Å². The van der Waals surface area contributed by atoms with Gasteiger partial charge in [0.1, 0.15) is 17.7 Å². The van der Waals surface area contributed by atoms with Gasteiger partial charge in [0.25, 0.3) is 0 Å². The number of benzene rings is 2. The first-order valence-corrected chi connectivity index (χ1v) is 6.55. The monoisotopic (exact) mass is 283 g/mol. The maximum atomic E-state index is 13.3. The lowest BCUT2D eigenvalue weighted by Crippen LogP contribution is -2.02. The van der Waals surface area contributed by atoms with E-state index in [9.17, 15) is 9.50 Å². The molecule has 0 bridgehead atoms. The largest absolute Gasteiger partial charge is 0.496 e. The predicted molar refractivity (Wildman–Crippen MR) is 78.8 cm³/mol. The summed E-state index contributed by atoms with van der Waals surface area (Å²) in [5, 5.41) is 12.3. The van der Waals surface area contributed by atoms with Gasteiger partial charge in [-0.3, -0.25) is 4.98 Å². The summed E-state index contributed by atoms with van der Waals surface area (Å²) in [6, 6.07) is 12.5. The first-order chi connectivity index (χ1) is 10.2. The molecule has 1 aromatic heterocycles. The van der Waals surface area contributed by atoms with Crippen LogP contribution in [-0.2, 0) is 0 Å². The maximum Gasteiger partial charge on any atom is 0.141 e. The lowest BCUT2D eigenvalue weighted by molar-refractivity contribution is 0.221. The second-order valence-electron chi connectivity index (χ2n) is 4.74. The molecule has 0 radical (unpaired) electrons.